The van der Waals surface area contributed by atoms with Crippen molar-refractivity contribution < 1.29 is 19.0 Å². The van der Waals surface area contributed by atoms with Crippen molar-refractivity contribution in [1.29, 1.82) is 0 Å². The molecular formula is C18H18ClNO4. The quantitative estimate of drug-likeness (QED) is 0.902. The number of anilines is 1. The van der Waals surface area contributed by atoms with Crippen LogP contribution in [0.25, 0.3) is 0 Å². The summed E-state index contributed by atoms with van der Waals surface area (Å²) in [7, 11) is 0. The third kappa shape index (κ3) is 3.57. The highest BCUT2D eigenvalue weighted by Gasteiger charge is 2.19. The van der Waals surface area contributed by atoms with Gasteiger partial charge in [-0.3, -0.25) is 4.79 Å². The van der Waals surface area contributed by atoms with Gasteiger partial charge in [-0.25, -0.2) is 0 Å². The molecule has 0 fully saturated rings. The third-order valence-corrected chi connectivity index (χ3v) is 3.78. The summed E-state index contributed by atoms with van der Waals surface area (Å²) in [4.78, 5) is 12.6. The lowest BCUT2D eigenvalue weighted by Crippen LogP contribution is -2.13. The highest BCUT2D eigenvalue weighted by molar-refractivity contribution is 6.32. The summed E-state index contributed by atoms with van der Waals surface area (Å²) in [5.74, 6) is 1.30. The van der Waals surface area contributed by atoms with Gasteiger partial charge in [0.05, 0.1) is 30.5 Å². The lowest BCUT2D eigenvalue weighted by atomic mass is 10.1. The number of fused-ring (bicyclic) bond motifs is 1. The van der Waals surface area contributed by atoms with E-state index in [-0.39, 0.29) is 5.91 Å². The van der Waals surface area contributed by atoms with Crippen LogP contribution in [0.3, 0.4) is 0 Å². The molecular weight excluding hydrogens is 330 g/mol. The SMILES string of the molecule is CCOc1ccccc1NC(=O)c1cc(Cl)c2c(c1)OCCCO2. The number of para-hydroxylation sites is 2. The van der Waals surface area contributed by atoms with Crippen molar-refractivity contribution in [1.82, 2.24) is 0 Å². The Bertz CT molecular complexity index is 748. The van der Waals surface area contributed by atoms with Gasteiger partial charge in [0.2, 0.25) is 0 Å². The van der Waals surface area contributed by atoms with Crippen LogP contribution in [-0.4, -0.2) is 25.7 Å². The molecule has 1 N–H and O–H groups in total. The standard InChI is InChI=1S/C18H18ClNO4/c1-2-22-15-7-4-3-6-14(15)20-18(21)12-10-13(19)17-16(11-12)23-8-5-9-24-17/h3-4,6-7,10-11H,2,5,8-9H2,1H3,(H,20,21). The van der Waals surface area contributed by atoms with Crippen molar-refractivity contribution in [2.24, 2.45) is 0 Å². The van der Waals surface area contributed by atoms with Gasteiger partial charge in [-0.05, 0) is 31.2 Å². The van der Waals surface area contributed by atoms with Crippen molar-refractivity contribution in [3.8, 4) is 17.2 Å². The first-order chi connectivity index (χ1) is 11.7. The molecule has 0 aromatic heterocycles. The van der Waals surface area contributed by atoms with Gasteiger partial charge in [-0.2, -0.15) is 0 Å². The van der Waals surface area contributed by atoms with Gasteiger partial charge in [0, 0.05) is 12.0 Å². The lowest BCUT2D eigenvalue weighted by Gasteiger charge is -2.13. The number of carbonyl (C=O) groups is 1. The van der Waals surface area contributed by atoms with Gasteiger partial charge in [0.1, 0.15) is 5.75 Å². The van der Waals surface area contributed by atoms with Crippen LogP contribution in [0.4, 0.5) is 5.69 Å². The van der Waals surface area contributed by atoms with Crippen LogP contribution in [0.5, 0.6) is 17.2 Å². The molecule has 0 aliphatic carbocycles. The second-order valence-electron chi connectivity index (χ2n) is 5.22. The zero-order valence-electron chi connectivity index (χ0n) is 13.3. The molecule has 2 aromatic rings. The fraction of sp³-hybridized carbons (Fsp3) is 0.278. The topological polar surface area (TPSA) is 56.8 Å². The summed E-state index contributed by atoms with van der Waals surface area (Å²) in [6.45, 7) is 3.48. The molecule has 3 rings (SSSR count). The summed E-state index contributed by atoms with van der Waals surface area (Å²) in [5, 5.41) is 3.20. The molecule has 0 saturated heterocycles. The van der Waals surface area contributed by atoms with E-state index in [1.807, 2.05) is 19.1 Å². The van der Waals surface area contributed by atoms with Gasteiger partial charge in [-0.15, -0.1) is 0 Å². The Morgan fingerprint density at radius 2 is 2.04 bits per heavy atom. The molecule has 1 aliphatic heterocycles. The second-order valence-corrected chi connectivity index (χ2v) is 5.63. The van der Waals surface area contributed by atoms with E-state index in [0.29, 0.717) is 53.3 Å². The van der Waals surface area contributed by atoms with Crippen molar-refractivity contribution >= 4 is 23.2 Å². The smallest absolute Gasteiger partial charge is 0.255 e. The van der Waals surface area contributed by atoms with E-state index in [0.717, 1.165) is 6.42 Å². The van der Waals surface area contributed by atoms with E-state index >= 15 is 0 Å². The third-order valence-electron chi connectivity index (χ3n) is 3.50. The predicted molar refractivity (Wildman–Crippen MR) is 92.6 cm³/mol. The highest BCUT2D eigenvalue weighted by atomic mass is 35.5. The van der Waals surface area contributed by atoms with Crippen molar-refractivity contribution in [3.63, 3.8) is 0 Å². The van der Waals surface area contributed by atoms with E-state index in [1.165, 1.54) is 0 Å². The van der Waals surface area contributed by atoms with Gasteiger partial charge in [-0.1, -0.05) is 23.7 Å². The first kappa shape index (κ1) is 16.5. The van der Waals surface area contributed by atoms with E-state index in [2.05, 4.69) is 5.32 Å². The minimum absolute atomic E-state index is 0.292. The molecule has 0 radical (unpaired) electrons. The number of amides is 1. The maximum Gasteiger partial charge on any atom is 0.255 e. The molecule has 6 heteroatoms. The minimum Gasteiger partial charge on any atom is -0.492 e. The van der Waals surface area contributed by atoms with Gasteiger partial charge in [0.25, 0.3) is 5.91 Å². The number of halogens is 1. The van der Waals surface area contributed by atoms with E-state index in [1.54, 1.807) is 24.3 Å². The molecule has 0 unspecified atom stereocenters. The second kappa shape index (κ2) is 7.45. The fourth-order valence-corrected chi connectivity index (χ4v) is 2.67. The molecule has 1 amide bonds. The highest BCUT2D eigenvalue weighted by Crippen LogP contribution is 2.38. The number of nitrogens with one attached hydrogen (secondary N) is 1. The van der Waals surface area contributed by atoms with Gasteiger partial charge >= 0.3 is 0 Å². The monoisotopic (exact) mass is 347 g/mol. The van der Waals surface area contributed by atoms with Crippen LogP contribution < -0.4 is 19.5 Å². The van der Waals surface area contributed by atoms with Crippen LogP contribution >= 0.6 is 11.6 Å². The largest absolute Gasteiger partial charge is 0.492 e. The molecule has 2 aromatic carbocycles. The summed E-state index contributed by atoms with van der Waals surface area (Å²) < 4.78 is 16.7. The molecule has 0 spiro atoms. The number of rotatable bonds is 4. The van der Waals surface area contributed by atoms with Crippen LogP contribution in [0, 0.1) is 0 Å². The Hall–Kier alpha value is -2.40. The number of carbonyl (C=O) groups excluding carboxylic acids is 1. The Morgan fingerprint density at radius 3 is 2.88 bits per heavy atom. The average molecular weight is 348 g/mol. The Kier molecular flexibility index (Phi) is 5.11. The molecule has 1 aliphatic rings. The zero-order valence-corrected chi connectivity index (χ0v) is 14.1. The minimum atomic E-state index is -0.292. The normalized spacial score (nSPS) is 13.1. The molecule has 126 valence electrons. The van der Waals surface area contributed by atoms with Crippen LogP contribution in [0.1, 0.15) is 23.7 Å². The fourth-order valence-electron chi connectivity index (χ4n) is 2.41. The van der Waals surface area contributed by atoms with Crippen LogP contribution in [0.2, 0.25) is 5.02 Å². The Balaban J connectivity index is 1.86. The molecule has 24 heavy (non-hydrogen) atoms. The number of ether oxygens (including phenoxy) is 3. The van der Waals surface area contributed by atoms with Crippen molar-refractivity contribution in [2.45, 2.75) is 13.3 Å². The van der Waals surface area contributed by atoms with Crippen molar-refractivity contribution in [2.75, 3.05) is 25.1 Å². The predicted octanol–water partition coefficient (Wildman–Crippen LogP) is 4.15. The van der Waals surface area contributed by atoms with Crippen LogP contribution in [-0.2, 0) is 0 Å². The maximum atomic E-state index is 12.6. The number of benzene rings is 2. The van der Waals surface area contributed by atoms with Crippen LogP contribution in [0.15, 0.2) is 36.4 Å². The maximum absolute atomic E-state index is 12.6. The summed E-state index contributed by atoms with van der Waals surface area (Å²) in [6.07, 6.45) is 0.772. The van der Waals surface area contributed by atoms with Crippen molar-refractivity contribution in [3.05, 3.63) is 47.0 Å². The van der Waals surface area contributed by atoms with E-state index in [9.17, 15) is 4.79 Å². The first-order valence-electron chi connectivity index (χ1n) is 7.81. The van der Waals surface area contributed by atoms with E-state index < -0.39 is 0 Å². The first-order valence-corrected chi connectivity index (χ1v) is 8.19. The Morgan fingerprint density at radius 1 is 1.25 bits per heavy atom. The van der Waals surface area contributed by atoms with E-state index in [4.69, 9.17) is 25.8 Å². The van der Waals surface area contributed by atoms with Gasteiger partial charge < -0.3 is 19.5 Å². The lowest BCUT2D eigenvalue weighted by molar-refractivity contribution is 0.102. The summed E-state index contributed by atoms with van der Waals surface area (Å²) in [5.41, 5.74) is 1.00. The summed E-state index contributed by atoms with van der Waals surface area (Å²) >= 11 is 6.24. The zero-order chi connectivity index (χ0) is 16.9. The number of hydrogen-bond donors (Lipinski definition) is 1. The van der Waals surface area contributed by atoms with Gasteiger partial charge in [0.15, 0.2) is 11.5 Å². The molecule has 0 saturated carbocycles. The molecule has 5 nitrogen and oxygen atoms in total. The molecule has 1 heterocycles. The summed E-state index contributed by atoms with van der Waals surface area (Å²) in [6, 6.07) is 10.5. The average Bonchev–Trinajstić information content (AvgIpc) is 2.82. The molecule has 0 atom stereocenters. The Labute approximate surface area is 145 Å². The molecule has 0 bridgehead atoms. The number of hydrogen-bond acceptors (Lipinski definition) is 4.